The molecule has 1 saturated carbocycles. The number of carbonyl (C=O) groups is 2. The van der Waals surface area contributed by atoms with Gasteiger partial charge in [-0.1, -0.05) is 35.9 Å². The van der Waals surface area contributed by atoms with Gasteiger partial charge in [0.15, 0.2) is 5.41 Å². The third kappa shape index (κ3) is 3.50. The fraction of sp³-hybridized carbons (Fsp3) is 0.263. The van der Waals surface area contributed by atoms with Gasteiger partial charge in [-0.2, -0.15) is 0 Å². The molecule has 3 rings (SSSR count). The predicted octanol–water partition coefficient (Wildman–Crippen LogP) is 3.92. The first kappa shape index (κ1) is 18.8. The maximum Gasteiger partial charge on any atom is 0.322 e. The SMILES string of the molecule is CCOC(=O)C1(C(=O)Nc2ccccc2[N+](=O)[O-])CC1c1ccc(Cl)cc1. The highest BCUT2D eigenvalue weighted by molar-refractivity contribution is 6.30. The van der Waals surface area contributed by atoms with Crippen LogP contribution in [0.25, 0.3) is 0 Å². The molecule has 1 aliphatic rings. The van der Waals surface area contributed by atoms with E-state index in [2.05, 4.69) is 5.32 Å². The van der Waals surface area contributed by atoms with Gasteiger partial charge in [-0.05, 0) is 37.1 Å². The van der Waals surface area contributed by atoms with Crippen LogP contribution in [-0.2, 0) is 14.3 Å². The lowest BCUT2D eigenvalue weighted by atomic mass is 9.97. The van der Waals surface area contributed by atoms with Gasteiger partial charge < -0.3 is 10.1 Å². The van der Waals surface area contributed by atoms with E-state index in [0.717, 1.165) is 5.56 Å². The number of benzene rings is 2. The monoisotopic (exact) mass is 388 g/mol. The quantitative estimate of drug-likeness (QED) is 0.350. The van der Waals surface area contributed by atoms with Gasteiger partial charge in [0.25, 0.3) is 5.69 Å². The number of ether oxygens (including phenoxy) is 1. The summed E-state index contributed by atoms with van der Waals surface area (Å²) < 4.78 is 5.12. The second-order valence-corrected chi connectivity index (χ2v) is 6.66. The van der Waals surface area contributed by atoms with E-state index < -0.39 is 22.2 Å². The fourth-order valence-corrected chi connectivity index (χ4v) is 3.29. The summed E-state index contributed by atoms with van der Waals surface area (Å²) in [5.74, 6) is -1.63. The molecule has 0 aliphatic heterocycles. The molecule has 2 atom stereocenters. The standard InChI is InChI=1S/C19H17ClN2O5/c1-2-27-18(24)19(11-14(19)12-7-9-13(20)10-8-12)17(23)21-15-5-3-4-6-16(15)22(25)26/h3-10,14H,2,11H2,1H3,(H,21,23). The van der Waals surface area contributed by atoms with E-state index in [-0.39, 0.29) is 30.3 Å². The molecular weight excluding hydrogens is 372 g/mol. The largest absolute Gasteiger partial charge is 0.465 e. The van der Waals surface area contributed by atoms with E-state index in [1.165, 1.54) is 18.2 Å². The zero-order chi connectivity index (χ0) is 19.6. The molecule has 0 bridgehead atoms. The summed E-state index contributed by atoms with van der Waals surface area (Å²) in [7, 11) is 0. The van der Waals surface area contributed by atoms with Crippen LogP contribution in [0.3, 0.4) is 0 Å². The Kier molecular flexibility index (Phi) is 5.14. The normalized spacial score (nSPS) is 20.6. The van der Waals surface area contributed by atoms with Crippen LogP contribution in [0.15, 0.2) is 48.5 Å². The van der Waals surface area contributed by atoms with Gasteiger partial charge in [0.2, 0.25) is 5.91 Å². The van der Waals surface area contributed by atoms with Crippen LogP contribution >= 0.6 is 11.6 Å². The summed E-state index contributed by atoms with van der Waals surface area (Å²) >= 11 is 5.90. The molecule has 2 aromatic carbocycles. The van der Waals surface area contributed by atoms with Crippen molar-refractivity contribution in [2.45, 2.75) is 19.3 Å². The number of nitro benzene ring substituents is 1. The number of hydrogen-bond donors (Lipinski definition) is 1. The molecule has 1 fully saturated rings. The summed E-state index contributed by atoms with van der Waals surface area (Å²) in [6, 6.07) is 12.7. The molecule has 1 aliphatic carbocycles. The maximum absolute atomic E-state index is 13.0. The van der Waals surface area contributed by atoms with E-state index in [0.29, 0.717) is 5.02 Å². The van der Waals surface area contributed by atoms with Gasteiger partial charge in [-0.3, -0.25) is 19.7 Å². The molecule has 0 aromatic heterocycles. The molecule has 2 unspecified atom stereocenters. The number of para-hydroxylation sites is 2. The smallest absolute Gasteiger partial charge is 0.322 e. The summed E-state index contributed by atoms with van der Waals surface area (Å²) in [5.41, 5.74) is -0.829. The zero-order valence-electron chi connectivity index (χ0n) is 14.5. The van der Waals surface area contributed by atoms with Crippen LogP contribution in [0.5, 0.6) is 0 Å². The van der Waals surface area contributed by atoms with Gasteiger partial charge in [-0.25, -0.2) is 0 Å². The van der Waals surface area contributed by atoms with Crippen LogP contribution < -0.4 is 5.32 Å². The summed E-state index contributed by atoms with van der Waals surface area (Å²) in [6.07, 6.45) is 0.264. The van der Waals surface area contributed by atoms with E-state index in [1.807, 2.05) is 0 Å². The number of hydrogen-bond acceptors (Lipinski definition) is 5. The molecule has 140 valence electrons. The van der Waals surface area contributed by atoms with Crippen molar-refractivity contribution in [3.63, 3.8) is 0 Å². The number of halogens is 1. The molecule has 27 heavy (non-hydrogen) atoms. The number of rotatable bonds is 6. The van der Waals surface area contributed by atoms with Crippen LogP contribution in [0.2, 0.25) is 5.02 Å². The molecule has 0 saturated heterocycles. The summed E-state index contributed by atoms with van der Waals surface area (Å²) in [5, 5.41) is 14.3. The lowest BCUT2D eigenvalue weighted by Gasteiger charge is -2.16. The van der Waals surface area contributed by atoms with E-state index in [1.54, 1.807) is 37.3 Å². The van der Waals surface area contributed by atoms with Gasteiger partial charge in [-0.15, -0.1) is 0 Å². The molecular formula is C19H17ClN2O5. The molecule has 1 amide bonds. The third-order valence-corrected chi connectivity index (χ3v) is 4.88. The Bertz CT molecular complexity index is 899. The van der Waals surface area contributed by atoms with Crippen molar-refractivity contribution in [3.05, 3.63) is 69.2 Å². The van der Waals surface area contributed by atoms with Crippen molar-refractivity contribution in [2.75, 3.05) is 11.9 Å². The number of nitrogens with one attached hydrogen (secondary N) is 1. The fourth-order valence-electron chi connectivity index (χ4n) is 3.16. The molecule has 7 nitrogen and oxygen atoms in total. The van der Waals surface area contributed by atoms with Gasteiger partial charge in [0, 0.05) is 17.0 Å². The molecule has 0 heterocycles. The topological polar surface area (TPSA) is 98.5 Å². The second kappa shape index (κ2) is 7.36. The van der Waals surface area contributed by atoms with Crippen molar-refractivity contribution >= 4 is 34.9 Å². The Morgan fingerprint density at radius 1 is 1.26 bits per heavy atom. The van der Waals surface area contributed by atoms with Crippen molar-refractivity contribution in [1.82, 2.24) is 0 Å². The first-order valence-corrected chi connectivity index (χ1v) is 8.75. The Hall–Kier alpha value is -2.93. The van der Waals surface area contributed by atoms with Crippen molar-refractivity contribution < 1.29 is 19.2 Å². The molecule has 0 radical (unpaired) electrons. The van der Waals surface area contributed by atoms with Crippen LogP contribution in [-0.4, -0.2) is 23.4 Å². The summed E-state index contributed by atoms with van der Waals surface area (Å²) in [4.78, 5) is 36.1. The van der Waals surface area contributed by atoms with Crippen LogP contribution in [0.4, 0.5) is 11.4 Å². The number of anilines is 1. The number of carbonyl (C=O) groups excluding carboxylic acids is 2. The lowest BCUT2D eigenvalue weighted by Crippen LogP contribution is -2.34. The van der Waals surface area contributed by atoms with Gasteiger partial charge in [0.05, 0.1) is 11.5 Å². The zero-order valence-corrected chi connectivity index (χ0v) is 15.2. The van der Waals surface area contributed by atoms with Gasteiger partial charge >= 0.3 is 5.97 Å². The average Bonchev–Trinajstić information content (AvgIpc) is 3.40. The predicted molar refractivity (Wildman–Crippen MR) is 99.6 cm³/mol. The molecule has 8 heteroatoms. The Morgan fingerprint density at radius 3 is 2.56 bits per heavy atom. The highest BCUT2D eigenvalue weighted by atomic mass is 35.5. The minimum atomic E-state index is -1.41. The van der Waals surface area contributed by atoms with Gasteiger partial charge in [0.1, 0.15) is 5.69 Å². The van der Waals surface area contributed by atoms with E-state index >= 15 is 0 Å². The summed E-state index contributed by atoms with van der Waals surface area (Å²) in [6.45, 7) is 1.79. The third-order valence-electron chi connectivity index (χ3n) is 4.63. The van der Waals surface area contributed by atoms with E-state index in [4.69, 9.17) is 16.3 Å². The van der Waals surface area contributed by atoms with Crippen molar-refractivity contribution in [3.8, 4) is 0 Å². The molecule has 2 aromatic rings. The highest BCUT2D eigenvalue weighted by Gasteiger charge is 2.67. The molecule has 0 spiro atoms. The Morgan fingerprint density at radius 2 is 1.93 bits per heavy atom. The first-order valence-electron chi connectivity index (χ1n) is 8.37. The van der Waals surface area contributed by atoms with E-state index in [9.17, 15) is 19.7 Å². The minimum Gasteiger partial charge on any atom is -0.465 e. The van der Waals surface area contributed by atoms with Crippen LogP contribution in [0, 0.1) is 15.5 Å². The first-order chi connectivity index (χ1) is 12.9. The minimum absolute atomic E-state index is 0.0397. The molecule has 1 N–H and O–H groups in total. The average molecular weight is 389 g/mol. The highest BCUT2D eigenvalue weighted by Crippen LogP contribution is 2.60. The van der Waals surface area contributed by atoms with Crippen molar-refractivity contribution in [1.29, 1.82) is 0 Å². The number of esters is 1. The Balaban J connectivity index is 1.91. The number of amides is 1. The second-order valence-electron chi connectivity index (χ2n) is 6.23. The maximum atomic E-state index is 13.0. The lowest BCUT2D eigenvalue weighted by molar-refractivity contribution is -0.383. The van der Waals surface area contributed by atoms with Crippen molar-refractivity contribution in [2.24, 2.45) is 5.41 Å². The van der Waals surface area contributed by atoms with Crippen LogP contribution in [0.1, 0.15) is 24.8 Å². The number of nitro groups is 1. The number of nitrogens with zero attached hydrogens (tertiary/aromatic N) is 1. The Labute approximate surface area is 160 Å².